The zero-order valence-electron chi connectivity index (χ0n) is 19.5. The highest BCUT2D eigenvalue weighted by atomic mass is 31.2. The smallest absolute Gasteiger partial charge is 0.0324 e. The van der Waals surface area contributed by atoms with Crippen molar-refractivity contribution in [2.75, 3.05) is 12.7 Å². The minimum Gasteiger partial charge on any atom is -0.252 e. The van der Waals surface area contributed by atoms with Gasteiger partial charge in [-0.25, -0.2) is 0 Å². The molecule has 1 aliphatic heterocycles. The summed E-state index contributed by atoms with van der Waals surface area (Å²) in [6.07, 6.45) is 6.53. The quantitative estimate of drug-likeness (QED) is 0.235. The van der Waals surface area contributed by atoms with Crippen LogP contribution in [0.3, 0.4) is 0 Å². The Morgan fingerprint density at radius 1 is 0.818 bits per heavy atom. The van der Waals surface area contributed by atoms with Crippen LogP contribution in [0.2, 0.25) is 0 Å². The van der Waals surface area contributed by atoms with Crippen LogP contribution in [-0.4, -0.2) is 17.1 Å². The number of fused-ring (bicyclic) bond motifs is 1. The molecule has 5 rings (SSSR count). The predicted octanol–water partition coefficient (Wildman–Crippen LogP) is 8.22. The van der Waals surface area contributed by atoms with Gasteiger partial charge in [-0.05, 0) is 55.1 Å². The first-order chi connectivity index (χ1) is 16.4. The Hall–Kier alpha value is -2.04. The Balaban J connectivity index is 1.65. The summed E-state index contributed by atoms with van der Waals surface area (Å²) in [5, 5.41) is 5.78. The molecule has 0 aliphatic carbocycles. The molecule has 1 nitrogen and oxygen atoms in total. The van der Waals surface area contributed by atoms with Gasteiger partial charge in [-0.2, -0.15) is 0 Å². The molecule has 4 aromatic rings. The predicted molar refractivity (Wildman–Crippen MR) is 148 cm³/mol. The molecular formula is C30H33NP2. The largest absolute Gasteiger partial charge is 0.252 e. The van der Waals surface area contributed by atoms with Gasteiger partial charge in [0.05, 0.1) is 0 Å². The van der Waals surface area contributed by atoms with Gasteiger partial charge in [0, 0.05) is 25.6 Å². The van der Waals surface area contributed by atoms with Crippen LogP contribution in [0.1, 0.15) is 43.8 Å². The minimum absolute atomic E-state index is 0.240. The van der Waals surface area contributed by atoms with Crippen molar-refractivity contribution in [1.82, 2.24) is 4.44 Å². The molecule has 3 atom stereocenters. The van der Waals surface area contributed by atoms with E-state index in [0.29, 0.717) is 5.66 Å². The average Bonchev–Trinajstić information content (AvgIpc) is 3.37. The lowest BCUT2D eigenvalue weighted by Gasteiger charge is -2.40. The van der Waals surface area contributed by atoms with Crippen molar-refractivity contribution in [2.24, 2.45) is 0 Å². The second-order valence-corrected chi connectivity index (χ2v) is 13.7. The van der Waals surface area contributed by atoms with E-state index >= 15 is 0 Å². The van der Waals surface area contributed by atoms with Gasteiger partial charge in [-0.3, -0.25) is 4.44 Å². The lowest BCUT2D eigenvalue weighted by atomic mass is 10.1. The highest BCUT2D eigenvalue weighted by Crippen LogP contribution is 2.68. The Bertz CT molecular complexity index is 1160. The summed E-state index contributed by atoms with van der Waals surface area (Å²) in [6, 6.07) is 38.6. The fraction of sp³-hybridized carbons (Fsp3) is 0.267. The van der Waals surface area contributed by atoms with Gasteiger partial charge in [0.25, 0.3) is 0 Å². The van der Waals surface area contributed by atoms with Crippen molar-refractivity contribution in [3.63, 3.8) is 0 Å². The lowest BCUT2D eigenvalue weighted by Crippen LogP contribution is -2.27. The summed E-state index contributed by atoms with van der Waals surface area (Å²) >= 11 is 0. The van der Waals surface area contributed by atoms with Crippen LogP contribution in [0.4, 0.5) is 0 Å². The monoisotopic (exact) mass is 469 g/mol. The number of nitrogens with zero attached hydrogens (tertiary/aromatic N) is 1. The SMILES string of the molecule is CCCCN(P(c1ccccc1)c1cccc2ccccc12)P1CCCC1c1ccccc1. The molecule has 0 bridgehead atoms. The Morgan fingerprint density at radius 3 is 2.30 bits per heavy atom. The first-order valence-corrected chi connectivity index (χ1v) is 15.1. The van der Waals surface area contributed by atoms with E-state index in [1.807, 2.05) is 0 Å². The van der Waals surface area contributed by atoms with Gasteiger partial charge in [0.1, 0.15) is 0 Å². The van der Waals surface area contributed by atoms with Crippen LogP contribution in [0.5, 0.6) is 0 Å². The molecule has 168 valence electrons. The van der Waals surface area contributed by atoms with Crippen molar-refractivity contribution in [3.8, 4) is 0 Å². The normalized spacial score (nSPS) is 19.2. The first kappa shape index (κ1) is 22.7. The van der Waals surface area contributed by atoms with Gasteiger partial charge >= 0.3 is 0 Å². The number of unbranched alkanes of at least 4 members (excludes halogenated alkanes) is 1. The van der Waals surface area contributed by atoms with Crippen molar-refractivity contribution in [1.29, 1.82) is 0 Å². The van der Waals surface area contributed by atoms with Crippen LogP contribution < -0.4 is 10.6 Å². The summed E-state index contributed by atoms with van der Waals surface area (Å²) < 4.78 is 3.00. The highest BCUT2D eigenvalue weighted by molar-refractivity contribution is 7.79. The van der Waals surface area contributed by atoms with Crippen LogP contribution in [-0.2, 0) is 0 Å². The van der Waals surface area contributed by atoms with E-state index in [2.05, 4.69) is 114 Å². The molecule has 0 aromatic heterocycles. The fourth-order valence-corrected chi connectivity index (χ4v) is 12.2. The number of benzene rings is 4. The molecule has 0 radical (unpaired) electrons. The number of hydrogen-bond donors (Lipinski definition) is 0. The second-order valence-electron chi connectivity index (χ2n) is 8.83. The van der Waals surface area contributed by atoms with Crippen molar-refractivity contribution in [3.05, 3.63) is 109 Å². The Labute approximate surface area is 201 Å². The Kier molecular flexibility index (Phi) is 7.53. The molecular weight excluding hydrogens is 436 g/mol. The molecule has 1 heterocycles. The maximum Gasteiger partial charge on any atom is 0.0324 e. The highest BCUT2D eigenvalue weighted by Gasteiger charge is 2.37. The molecule has 0 N–H and O–H groups in total. The third kappa shape index (κ3) is 4.93. The molecule has 0 saturated carbocycles. The van der Waals surface area contributed by atoms with E-state index in [9.17, 15) is 0 Å². The minimum atomic E-state index is -0.592. The number of rotatable bonds is 8. The van der Waals surface area contributed by atoms with Crippen LogP contribution in [0.25, 0.3) is 10.8 Å². The summed E-state index contributed by atoms with van der Waals surface area (Å²) in [5.74, 6) is 0. The summed E-state index contributed by atoms with van der Waals surface area (Å²) in [7, 11) is -0.831. The number of hydrogen-bond acceptors (Lipinski definition) is 1. The van der Waals surface area contributed by atoms with Gasteiger partial charge in [0.2, 0.25) is 0 Å². The van der Waals surface area contributed by atoms with Crippen molar-refractivity contribution < 1.29 is 0 Å². The van der Waals surface area contributed by atoms with Crippen LogP contribution in [0.15, 0.2) is 103 Å². The van der Waals surface area contributed by atoms with Crippen LogP contribution in [0, 0.1) is 0 Å². The lowest BCUT2D eigenvalue weighted by molar-refractivity contribution is 0.635. The molecule has 3 unspecified atom stereocenters. The van der Waals surface area contributed by atoms with E-state index in [1.54, 1.807) is 5.56 Å². The van der Waals surface area contributed by atoms with Gasteiger partial charge in [0.15, 0.2) is 0 Å². The van der Waals surface area contributed by atoms with E-state index in [4.69, 9.17) is 0 Å². The van der Waals surface area contributed by atoms with E-state index < -0.39 is 8.07 Å². The first-order valence-electron chi connectivity index (χ1n) is 12.3. The van der Waals surface area contributed by atoms with Gasteiger partial charge in [-0.15, -0.1) is 0 Å². The van der Waals surface area contributed by atoms with Gasteiger partial charge < -0.3 is 0 Å². The molecule has 1 fully saturated rings. The molecule has 1 saturated heterocycles. The van der Waals surface area contributed by atoms with E-state index in [-0.39, 0.29) is 8.07 Å². The zero-order valence-corrected chi connectivity index (χ0v) is 21.3. The standard InChI is InChI=1S/C30H33NP2/c1-2-3-23-31(32-24-13-22-29(32)26-15-6-4-7-16-26)33(27-18-8-5-9-19-27)30-21-12-17-25-14-10-11-20-28(25)30/h4-12,14-21,29H,2-3,13,22-24H2,1H3. The average molecular weight is 470 g/mol. The second kappa shape index (κ2) is 10.9. The van der Waals surface area contributed by atoms with Gasteiger partial charge in [-0.1, -0.05) is 116 Å². The van der Waals surface area contributed by atoms with Crippen molar-refractivity contribution >= 4 is 37.5 Å². The molecule has 3 heteroatoms. The third-order valence-electron chi connectivity index (χ3n) is 6.64. The maximum atomic E-state index is 3.00. The third-order valence-corrected chi connectivity index (χ3v) is 13.0. The molecule has 4 aromatic carbocycles. The van der Waals surface area contributed by atoms with Crippen molar-refractivity contribution in [2.45, 2.75) is 38.3 Å². The topological polar surface area (TPSA) is 3.24 Å². The molecule has 0 amide bonds. The summed E-state index contributed by atoms with van der Waals surface area (Å²) in [4.78, 5) is 0. The van der Waals surface area contributed by atoms with E-state index in [1.165, 1.54) is 59.8 Å². The Morgan fingerprint density at radius 2 is 1.52 bits per heavy atom. The molecule has 0 spiro atoms. The van der Waals surface area contributed by atoms with Crippen LogP contribution >= 0.6 is 16.1 Å². The van der Waals surface area contributed by atoms with E-state index in [0.717, 1.165) is 0 Å². The molecule has 33 heavy (non-hydrogen) atoms. The zero-order chi connectivity index (χ0) is 22.5. The maximum absolute atomic E-state index is 3.00. The fourth-order valence-electron chi connectivity index (χ4n) is 5.04. The molecule has 1 aliphatic rings. The summed E-state index contributed by atoms with van der Waals surface area (Å²) in [5.41, 5.74) is 2.23. The summed E-state index contributed by atoms with van der Waals surface area (Å²) in [6.45, 7) is 3.52.